The van der Waals surface area contributed by atoms with Gasteiger partial charge in [0, 0.05) is 18.3 Å². The van der Waals surface area contributed by atoms with Gasteiger partial charge >= 0.3 is 0 Å². The second kappa shape index (κ2) is 4.94. The van der Waals surface area contributed by atoms with Crippen LogP contribution < -0.4 is 0 Å². The molecular formula is C9H13N3O2S. The number of nitrogens with one attached hydrogen (secondary N) is 1. The average Bonchev–Trinajstić information content (AvgIpc) is 2.66. The Morgan fingerprint density at radius 2 is 2.33 bits per heavy atom. The van der Waals surface area contributed by atoms with Crippen LogP contribution in [-0.2, 0) is 16.3 Å². The third kappa shape index (κ3) is 3.06. The highest BCUT2D eigenvalue weighted by molar-refractivity contribution is 7.91. The molecule has 0 aromatic carbocycles. The Balaban J connectivity index is 2.74. The fraction of sp³-hybridized carbons (Fsp3) is 0.556. The van der Waals surface area contributed by atoms with Crippen LogP contribution in [-0.4, -0.2) is 24.1 Å². The van der Waals surface area contributed by atoms with Crippen LogP contribution in [0.15, 0.2) is 11.4 Å². The van der Waals surface area contributed by atoms with E-state index in [2.05, 4.69) is 9.97 Å². The van der Waals surface area contributed by atoms with Gasteiger partial charge in [0.15, 0.2) is 0 Å². The average molecular weight is 227 g/mol. The largest absolute Gasteiger partial charge is 0.333 e. The molecule has 0 spiro atoms. The van der Waals surface area contributed by atoms with Gasteiger partial charge in [-0.1, -0.05) is 6.92 Å². The SMILES string of the molecule is CCc1cnc(S(=O)(=O)CCCC#N)[nH]1. The Morgan fingerprint density at radius 1 is 1.60 bits per heavy atom. The summed E-state index contributed by atoms with van der Waals surface area (Å²) >= 11 is 0. The summed E-state index contributed by atoms with van der Waals surface area (Å²) in [4.78, 5) is 6.56. The van der Waals surface area contributed by atoms with Crippen LogP contribution in [0.3, 0.4) is 0 Å². The second-order valence-electron chi connectivity index (χ2n) is 3.15. The van der Waals surface area contributed by atoms with Gasteiger partial charge in [-0.3, -0.25) is 0 Å². The van der Waals surface area contributed by atoms with Gasteiger partial charge in [0.25, 0.3) is 0 Å². The molecule has 82 valence electrons. The molecule has 0 saturated heterocycles. The number of hydrogen-bond donors (Lipinski definition) is 1. The highest BCUT2D eigenvalue weighted by atomic mass is 32.2. The molecule has 15 heavy (non-hydrogen) atoms. The number of nitriles is 1. The number of aromatic nitrogens is 2. The fourth-order valence-electron chi connectivity index (χ4n) is 1.11. The van der Waals surface area contributed by atoms with E-state index in [1.165, 1.54) is 6.20 Å². The minimum absolute atomic E-state index is 0.0114. The van der Waals surface area contributed by atoms with E-state index >= 15 is 0 Å². The molecule has 0 saturated carbocycles. The Labute approximate surface area is 89.1 Å². The van der Waals surface area contributed by atoms with Gasteiger partial charge < -0.3 is 4.98 Å². The van der Waals surface area contributed by atoms with Crippen molar-refractivity contribution < 1.29 is 8.42 Å². The standard InChI is InChI=1S/C9H13N3O2S/c1-2-8-7-11-9(12-8)15(13,14)6-4-3-5-10/h7H,2-4,6H2,1H3,(H,11,12). The molecular weight excluding hydrogens is 214 g/mol. The van der Waals surface area contributed by atoms with E-state index in [0.717, 1.165) is 12.1 Å². The topological polar surface area (TPSA) is 86.6 Å². The van der Waals surface area contributed by atoms with E-state index in [1.807, 2.05) is 13.0 Å². The van der Waals surface area contributed by atoms with Crippen molar-refractivity contribution in [3.05, 3.63) is 11.9 Å². The monoisotopic (exact) mass is 227 g/mol. The lowest BCUT2D eigenvalue weighted by molar-refractivity contribution is 0.586. The minimum Gasteiger partial charge on any atom is -0.333 e. The highest BCUT2D eigenvalue weighted by Crippen LogP contribution is 2.09. The van der Waals surface area contributed by atoms with Crippen LogP contribution in [0.4, 0.5) is 0 Å². The maximum absolute atomic E-state index is 11.6. The van der Waals surface area contributed by atoms with Gasteiger partial charge in [-0.05, 0) is 12.8 Å². The van der Waals surface area contributed by atoms with Crippen molar-refractivity contribution in [2.75, 3.05) is 5.75 Å². The molecule has 5 nitrogen and oxygen atoms in total. The van der Waals surface area contributed by atoms with E-state index in [4.69, 9.17) is 5.26 Å². The normalized spacial score (nSPS) is 11.2. The predicted molar refractivity (Wildman–Crippen MR) is 54.9 cm³/mol. The van der Waals surface area contributed by atoms with E-state index in [-0.39, 0.29) is 17.3 Å². The lowest BCUT2D eigenvalue weighted by Crippen LogP contribution is -2.08. The van der Waals surface area contributed by atoms with Gasteiger partial charge in [0.1, 0.15) is 0 Å². The van der Waals surface area contributed by atoms with Crippen LogP contribution in [0.1, 0.15) is 25.5 Å². The molecule has 0 aliphatic carbocycles. The third-order valence-electron chi connectivity index (χ3n) is 1.98. The molecule has 0 unspecified atom stereocenters. The number of hydrogen-bond acceptors (Lipinski definition) is 4. The number of rotatable bonds is 5. The molecule has 0 amide bonds. The zero-order valence-corrected chi connectivity index (χ0v) is 9.34. The summed E-state index contributed by atoms with van der Waals surface area (Å²) in [5.41, 5.74) is 0.800. The number of unbranched alkanes of at least 4 members (excludes halogenated alkanes) is 1. The van der Waals surface area contributed by atoms with Crippen LogP contribution in [0.2, 0.25) is 0 Å². The molecule has 0 aliphatic heterocycles. The highest BCUT2D eigenvalue weighted by Gasteiger charge is 2.17. The van der Waals surface area contributed by atoms with Gasteiger partial charge in [-0.25, -0.2) is 13.4 Å². The molecule has 0 fully saturated rings. The van der Waals surface area contributed by atoms with E-state index < -0.39 is 9.84 Å². The van der Waals surface area contributed by atoms with E-state index in [1.54, 1.807) is 0 Å². The molecule has 0 radical (unpaired) electrons. The number of H-pyrrole nitrogens is 1. The summed E-state index contributed by atoms with van der Waals surface area (Å²) in [7, 11) is -3.34. The molecule has 1 heterocycles. The molecule has 0 aliphatic rings. The molecule has 1 N–H and O–H groups in total. The minimum atomic E-state index is -3.34. The lowest BCUT2D eigenvalue weighted by Gasteiger charge is -1.97. The van der Waals surface area contributed by atoms with Crippen LogP contribution >= 0.6 is 0 Å². The van der Waals surface area contributed by atoms with Gasteiger partial charge in [0.05, 0.1) is 11.8 Å². The van der Waals surface area contributed by atoms with Crippen LogP contribution in [0, 0.1) is 11.3 Å². The van der Waals surface area contributed by atoms with Gasteiger partial charge in [-0.15, -0.1) is 0 Å². The number of aryl methyl sites for hydroxylation is 1. The summed E-state index contributed by atoms with van der Waals surface area (Å²) < 4.78 is 23.3. The Morgan fingerprint density at radius 3 is 2.87 bits per heavy atom. The lowest BCUT2D eigenvalue weighted by atomic mass is 10.4. The molecule has 1 rings (SSSR count). The van der Waals surface area contributed by atoms with Crippen molar-refractivity contribution in [1.29, 1.82) is 5.26 Å². The summed E-state index contributed by atoms with van der Waals surface area (Å²) in [6.07, 6.45) is 2.85. The van der Waals surface area contributed by atoms with E-state index in [0.29, 0.717) is 6.42 Å². The van der Waals surface area contributed by atoms with Gasteiger partial charge in [-0.2, -0.15) is 5.26 Å². The van der Waals surface area contributed by atoms with Crippen molar-refractivity contribution in [2.45, 2.75) is 31.3 Å². The Hall–Kier alpha value is -1.35. The summed E-state index contributed by atoms with van der Waals surface area (Å²) in [5.74, 6) is -0.0305. The summed E-state index contributed by atoms with van der Waals surface area (Å²) in [5, 5.41) is 8.32. The maximum Gasteiger partial charge on any atom is 0.225 e. The van der Waals surface area contributed by atoms with E-state index in [9.17, 15) is 8.42 Å². The number of aromatic amines is 1. The predicted octanol–water partition coefficient (Wildman–Crippen LogP) is 1.05. The van der Waals surface area contributed by atoms with Crippen LogP contribution in [0.5, 0.6) is 0 Å². The van der Waals surface area contributed by atoms with Crippen molar-refractivity contribution in [3.63, 3.8) is 0 Å². The van der Waals surface area contributed by atoms with Crippen LogP contribution in [0.25, 0.3) is 0 Å². The molecule has 0 atom stereocenters. The zero-order chi connectivity index (χ0) is 11.3. The van der Waals surface area contributed by atoms with Crippen molar-refractivity contribution in [2.24, 2.45) is 0 Å². The Bertz CT molecular complexity index is 456. The third-order valence-corrected chi connectivity index (χ3v) is 3.61. The maximum atomic E-state index is 11.6. The first-order chi connectivity index (χ1) is 7.10. The second-order valence-corrected chi connectivity index (χ2v) is 5.17. The first-order valence-corrected chi connectivity index (χ1v) is 6.39. The number of sulfone groups is 1. The summed E-state index contributed by atoms with van der Waals surface area (Å²) in [6.45, 7) is 1.92. The van der Waals surface area contributed by atoms with Crippen molar-refractivity contribution in [3.8, 4) is 6.07 Å². The zero-order valence-electron chi connectivity index (χ0n) is 8.52. The fourth-order valence-corrected chi connectivity index (χ4v) is 2.33. The molecule has 1 aromatic rings. The molecule has 0 bridgehead atoms. The Kier molecular flexibility index (Phi) is 3.86. The molecule has 1 aromatic heterocycles. The van der Waals surface area contributed by atoms with Crippen molar-refractivity contribution >= 4 is 9.84 Å². The van der Waals surface area contributed by atoms with Crippen molar-refractivity contribution in [1.82, 2.24) is 9.97 Å². The number of nitrogens with zero attached hydrogens (tertiary/aromatic N) is 2. The summed E-state index contributed by atoms with van der Waals surface area (Å²) in [6, 6.07) is 1.91. The first-order valence-electron chi connectivity index (χ1n) is 4.73. The quantitative estimate of drug-likeness (QED) is 0.762. The first kappa shape index (κ1) is 11.7. The smallest absolute Gasteiger partial charge is 0.225 e. The molecule has 6 heteroatoms. The van der Waals surface area contributed by atoms with Gasteiger partial charge in [0.2, 0.25) is 15.0 Å². The number of imidazole rings is 1.